The molecule has 0 bridgehead atoms. The Balaban J connectivity index is 2.12. The molecule has 0 fully saturated rings. The Bertz CT molecular complexity index is 563. The van der Waals surface area contributed by atoms with E-state index in [1.54, 1.807) is 18.5 Å². The van der Waals surface area contributed by atoms with E-state index < -0.39 is 11.8 Å². The van der Waals surface area contributed by atoms with Gasteiger partial charge in [-0.25, -0.2) is 19.2 Å². The van der Waals surface area contributed by atoms with Gasteiger partial charge in [0.1, 0.15) is 5.82 Å². The van der Waals surface area contributed by atoms with Crippen LogP contribution < -0.4 is 0 Å². The zero-order valence-corrected chi connectivity index (χ0v) is 10.0. The minimum atomic E-state index is -1.14. The van der Waals surface area contributed by atoms with Crippen molar-refractivity contribution in [1.82, 2.24) is 9.97 Å². The molecule has 0 aliphatic carbocycles. The fourth-order valence-corrected chi connectivity index (χ4v) is 2.10. The fourth-order valence-electron chi connectivity index (χ4n) is 1.37. The molecule has 0 amide bonds. The molecule has 0 saturated carbocycles. The first kappa shape index (κ1) is 12.5. The molecule has 0 saturated heterocycles. The normalized spacial score (nSPS) is 10.3. The molecule has 0 aliphatic rings. The van der Waals surface area contributed by atoms with E-state index in [4.69, 9.17) is 5.11 Å². The van der Waals surface area contributed by atoms with E-state index in [0.29, 0.717) is 16.5 Å². The summed E-state index contributed by atoms with van der Waals surface area (Å²) in [5, 5.41) is 9.39. The molecule has 0 spiro atoms. The minimum absolute atomic E-state index is 0.0559. The molecular formula is C12H9FN2O2S. The van der Waals surface area contributed by atoms with Crippen molar-refractivity contribution in [3.05, 3.63) is 53.6 Å². The van der Waals surface area contributed by atoms with Crippen LogP contribution in [0.5, 0.6) is 0 Å². The van der Waals surface area contributed by atoms with Gasteiger partial charge < -0.3 is 5.11 Å². The Morgan fingerprint density at radius 2 is 2.00 bits per heavy atom. The van der Waals surface area contributed by atoms with Gasteiger partial charge in [0.2, 0.25) is 0 Å². The van der Waals surface area contributed by atoms with E-state index in [9.17, 15) is 9.18 Å². The van der Waals surface area contributed by atoms with E-state index in [1.165, 1.54) is 23.9 Å². The molecule has 1 aromatic heterocycles. The highest BCUT2D eigenvalue weighted by atomic mass is 32.2. The monoisotopic (exact) mass is 264 g/mol. The molecule has 0 radical (unpaired) electrons. The third-order valence-corrected chi connectivity index (χ3v) is 3.06. The van der Waals surface area contributed by atoms with Crippen LogP contribution in [0.1, 0.15) is 15.9 Å². The van der Waals surface area contributed by atoms with Crippen LogP contribution in [0.15, 0.2) is 41.8 Å². The topological polar surface area (TPSA) is 63.1 Å². The van der Waals surface area contributed by atoms with Gasteiger partial charge in [-0.05, 0) is 29.8 Å². The molecule has 0 unspecified atom stereocenters. The van der Waals surface area contributed by atoms with Crippen molar-refractivity contribution in [2.24, 2.45) is 0 Å². The van der Waals surface area contributed by atoms with Crippen LogP contribution in [0.3, 0.4) is 0 Å². The average Bonchev–Trinajstić information content (AvgIpc) is 2.37. The van der Waals surface area contributed by atoms with Gasteiger partial charge >= 0.3 is 5.97 Å². The zero-order chi connectivity index (χ0) is 13.0. The van der Waals surface area contributed by atoms with Crippen molar-refractivity contribution in [2.45, 2.75) is 10.9 Å². The van der Waals surface area contributed by atoms with Gasteiger partial charge in [-0.2, -0.15) is 0 Å². The van der Waals surface area contributed by atoms with Gasteiger partial charge in [0.15, 0.2) is 5.16 Å². The second-order valence-electron chi connectivity index (χ2n) is 3.47. The number of hydrogen-bond donors (Lipinski definition) is 1. The lowest BCUT2D eigenvalue weighted by atomic mass is 10.1. The molecular weight excluding hydrogens is 255 g/mol. The van der Waals surface area contributed by atoms with Crippen molar-refractivity contribution in [3.8, 4) is 0 Å². The predicted octanol–water partition coefficient (Wildman–Crippen LogP) is 2.61. The second-order valence-corrected chi connectivity index (χ2v) is 4.42. The highest BCUT2D eigenvalue weighted by Gasteiger charge is 2.07. The van der Waals surface area contributed by atoms with E-state index in [2.05, 4.69) is 9.97 Å². The summed E-state index contributed by atoms with van der Waals surface area (Å²) in [5.74, 6) is -1.28. The van der Waals surface area contributed by atoms with Crippen LogP contribution in [0.25, 0.3) is 0 Å². The summed E-state index contributed by atoms with van der Waals surface area (Å²) < 4.78 is 13.2. The Kier molecular flexibility index (Phi) is 3.88. The standard InChI is InChI=1S/C12H9FN2O2S/c13-10-5-8(4-9(6-10)11(16)17)7-18-12-14-2-1-3-15-12/h1-6H,7H2,(H,16,17). The van der Waals surface area contributed by atoms with Crippen molar-refractivity contribution < 1.29 is 14.3 Å². The van der Waals surface area contributed by atoms with Crippen LogP contribution in [0, 0.1) is 5.82 Å². The first-order chi connectivity index (χ1) is 8.65. The first-order valence-electron chi connectivity index (χ1n) is 5.08. The van der Waals surface area contributed by atoms with Crippen molar-refractivity contribution >= 4 is 17.7 Å². The fraction of sp³-hybridized carbons (Fsp3) is 0.0833. The van der Waals surface area contributed by atoms with Gasteiger partial charge in [-0.3, -0.25) is 0 Å². The predicted molar refractivity (Wildman–Crippen MR) is 65.0 cm³/mol. The lowest BCUT2D eigenvalue weighted by molar-refractivity contribution is 0.0696. The maximum absolute atomic E-state index is 13.2. The molecule has 6 heteroatoms. The maximum Gasteiger partial charge on any atom is 0.335 e. The highest BCUT2D eigenvalue weighted by molar-refractivity contribution is 7.98. The third-order valence-electron chi connectivity index (χ3n) is 2.11. The number of carboxylic acid groups (broad SMARTS) is 1. The Morgan fingerprint density at radius 3 is 2.67 bits per heavy atom. The number of aromatic nitrogens is 2. The second kappa shape index (κ2) is 5.59. The smallest absolute Gasteiger partial charge is 0.335 e. The quantitative estimate of drug-likeness (QED) is 0.679. The van der Waals surface area contributed by atoms with E-state index in [0.717, 1.165) is 6.07 Å². The Hall–Kier alpha value is -1.95. The van der Waals surface area contributed by atoms with Gasteiger partial charge in [0.05, 0.1) is 5.56 Å². The molecule has 1 aromatic carbocycles. The lowest BCUT2D eigenvalue weighted by Crippen LogP contribution is -1.98. The number of rotatable bonds is 4. The minimum Gasteiger partial charge on any atom is -0.478 e. The maximum atomic E-state index is 13.2. The molecule has 0 aliphatic heterocycles. The van der Waals surface area contributed by atoms with Gasteiger partial charge in [0.25, 0.3) is 0 Å². The summed E-state index contributed by atoms with van der Waals surface area (Å²) in [6.45, 7) is 0. The van der Waals surface area contributed by atoms with Crippen molar-refractivity contribution in [1.29, 1.82) is 0 Å². The summed E-state index contributed by atoms with van der Waals surface area (Å²) in [4.78, 5) is 18.8. The zero-order valence-electron chi connectivity index (χ0n) is 9.21. The van der Waals surface area contributed by atoms with Crippen LogP contribution in [0.2, 0.25) is 0 Å². The number of carboxylic acids is 1. The van der Waals surface area contributed by atoms with E-state index >= 15 is 0 Å². The highest BCUT2D eigenvalue weighted by Crippen LogP contribution is 2.20. The van der Waals surface area contributed by atoms with Crippen molar-refractivity contribution in [3.63, 3.8) is 0 Å². The summed E-state index contributed by atoms with van der Waals surface area (Å²) in [7, 11) is 0. The van der Waals surface area contributed by atoms with Crippen LogP contribution >= 0.6 is 11.8 Å². The molecule has 1 N–H and O–H groups in total. The number of hydrogen-bond acceptors (Lipinski definition) is 4. The Labute approximate surface area is 107 Å². The largest absolute Gasteiger partial charge is 0.478 e. The van der Waals surface area contributed by atoms with Crippen LogP contribution in [0.4, 0.5) is 4.39 Å². The Morgan fingerprint density at radius 1 is 1.28 bits per heavy atom. The van der Waals surface area contributed by atoms with Crippen molar-refractivity contribution in [2.75, 3.05) is 0 Å². The van der Waals surface area contributed by atoms with E-state index in [1.807, 2.05) is 0 Å². The number of nitrogens with zero attached hydrogens (tertiary/aromatic N) is 2. The summed E-state index contributed by atoms with van der Waals surface area (Å²) in [5.41, 5.74) is 0.532. The SMILES string of the molecule is O=C(O)c1cc(F)cc(CSc2ncccn2)c1. The number of carbonyl (C=O) groups is 1. The molecule has 2 rings (SSSR count). The molecule has 0 atom stereocenters. The summed E-state index contributed by atoms with van der Waals surface area (Å²) >= 11 is 1.32. The van der Waals surface area contributed by atoms with Gasteiger partial charge in [0, 0.05) is 18.1 Å². The summed E-state index contributed by atoms with van der Waals surface area (Å²) in [6.07, 6.45) is 3.23. The molecule has 4 nitrogen and oxygen atoms in total. The number of aromatic carboxylic acids is 1. The van der Waals surface area contributed by atoms with Gasteiger partial charge in [-0.1, -0.05) is 11.8 Å². The van der Waals surface area contributed by atoms with E-state index in [-0.39, 0.29) is 5.56 Å². The van der Waals surface area contributed by atoms with Crippen LogP contribution in [-0.2, 0) is 5.75 Å². The number of benzene rings is 1. The molecule has 18 heavy (non-hydrogen) atoms. The molecule has 92 valence electrons. The molecule has 2 aromatic rings. The number of halogens is 1. The first-order valence-corrected chi connectivity index (χ1v) is 6.06. The van der Waals surface area contributed by atoms with Crippen LogP contribution in [-0.4, -0.2) is 21.0 Å². The lowest BCUT2D eigenvalue weighted by Gasteiger charge is -2.03. The van der Waals surface area contributed by atoms with Gasteiger partial charge in [-0.15, -0.1) is 0 Å². The average molecular weight is 264 g/mol. The molecule has 1 heterocycles. The number of thioether (sulfide) groups is 1. The summed E-state index contributed by atoms with van der Waals surface area (Å²) in [6, 6.07) is 5.45. The third kappa shape index (κ3) is 3.27.